The van der Waals surface area contributed by atoms with Gasteiger partial charge in [-0.2, -0.15) is 0 Å². The lowest BCUT2D eigenvalue weighted by Gasteiger charge is -2.04. The standard InChI is InChI=1S/C12H15N5O/c1-13-5-2-6-15-12(18)10-4-3-9-7-14-8-16-11(9)17-10/h3-4,7-8,13H,2,5-6H2,1H3,(H,15,18). The van der Waals surface area contributed by atoms with Crippen molar-refractivity contribution in [3.8, 4) is 0 Å². The summed E-state index contributed by atoms with van der Waals surface area (Å²) in [7, 11) is 1.88. The van der Waals surface area contributed by atoms with Gasteiger partial charge in [0.2, 0.25) is 0 Å². The van der Waals surface area contributed by atoms with Crippen LogP contribution in [0.2, 0.25) is 0 Å². The number of amides is 1. The third-order valence-electron chi connectivity index (χ3n) is 2.49. The topological polar surface area (TPSA) is 79.8 Å². The van der Waals surface area contributed by atoms with Crippen molar-refractivity contribution < 1.29 is 4.79 Å². The quantitative estimate of drug-likeness (QED) is 0.744. The Hall–Kier alpha value is -2.08. The van der Waals surface area contributed by atoms with Gasteiger partial charge in [0, 0.05) is 18.1 Å². The third kappa shape index (κ3) is 2.98. The molecule has 2 N–H and O–H groups in total. The highest BCUT2D eigenvalue weighted by Gasteiger charge is 2.07. The van der Waals surface area contributed by atoms with Gasteiger partial charge in [-0.1, -0.05) is 0 Å². The van der Waals surface area contributed by atoms with Crippen LogP contribution in [0.25, 0.3) is 11.0 Å². The molecule has 0 bridgehead atoms. The van der Waals surface area contributed by atoms with Crippen LogP contribution in [0.5, 0.6) is 0 Å². The van der Waals surface area contributed by atoms with Crippen molar-refractivity contribution in [1.82, 2.24) is 25.6 Å². The molecule has 2 aromatic rings. The second-order valence-corrected chi connectivity index (χ2v) is 3.85. The second kappa shape index (κ2) is 6.02. The van der Waals surface area contributed by atoms with Crippen LogP contribution in [0.4, 0.5) is 0 Å². The molecule has 94 valence electrons. The number of aromatic nitrogens is 3. The van der Waals surface area contributed by atoms with Crippen molar-refractivity contribution in [3.05, 3.63) is 30.4 Å². The summed E-state index contributed by atoms with van der Waals surface area (Å²) in [5.41, 5.74) is 0.915. The molecule has 0 saturated heterocycles. The Balaban J connectivity index is 2.04. The van der Waals surface area contributed by atoms with Gasteiger partial charge in [0.15, 0.2) is 5.65 Å². The van der Waals surface area contributed by atoms with Crippen LogP contribution in [0.3, 0.4) is 0 Å². The van der Waals surface area contributed by atoms with E-state index in [9.17, 15) is 4.79 Å². The first-order valence-electron chi connectivity index (χ1n) is 5.81. The molecule has 0 aromatic carbocycles. The van der Waals surface area contributed by atoms with Crippen molar-refractivity contribution in [2.45, 2.75) is 6.42 Å². The molecule has 0 aliphatic rings. The molecule has 6 heteroatoms. The van der Waals surface area contributed by atoms with Gasteiger partial charge in [0.05, 0.1) is 0 Å². The van der Waals surface area contributed by atoms with Gasteiger partial charge in [-0.25, -0.2) is 15.0 Å². The fourth-order valence-electron chi connectivity index (χ4n) is 1.55. The maximum atomic E-state index is 11.8. The Morgan fingerprint density at radius 1 is 1.33 bits per heavy atom. The lowest BCUT2D eigenvalue weighted by Crippen LogP contribution is -2.27. The number of carbonyl (C=O) groups is 1. The average molecular weight is 245 g/mol. The fraction of sp³-hybridized carbons (Fsp3) is 0.333. The monoisotopic (exact) mass is 245 g/mol. The summed E-state index contributed by atoms with van der Waals surface area (Å²) < 4.78 is 0. The van der Waals surface area contributed by atoms with E-state index >= 15 is 0 Å². The van der Waals surface area contributed by atoms with Gasteiger partial charge in [-0.3, -0.25) is 4.79 Å². The van der Waals surface area contributed by atoms with E-state index in [0.717, 1.165) is 18.4 Å². The molecule has 0 atom stereocenters. The van der Waals surface area contributed by atoms with Gasteiger partial charge >= 0.3 is 0 Å². The lowest BCUT2D eigenvalue weighted by atomic mass is 10.2. The first kappa shape index (κ1) is 12.4. The van der Waals surface area contributed by atoms with Crippen LogP contribution in [0.15, 0.2) is 24.7 Å². The number of fused-ring (bicyclic) bond motifs is 1. The number of nitrogens with one attached hydrogen (secondary N) is 2. The van der Waals surface area contributed by atoms with Crippen molar-refractivity contribution in [1.29, 1.82) is 0 Å². The average Bonchev–Trinajstić information content (AvgIpc) is 2.43. The predicted octanol–water partition coefficient (Wildman–Crippen LogP) is 0.364. The van der Waals surface area contributed by atoms with Crippen LogP contribution >= 0.6 is 0 Å². The summed E-state index contributed by atoms with van der Waals surface area (Å²) in [4.78, 5) is 23.9. The van der Waals surface area contributed by atoms with Crippen molar-refractivity contribution in [2.24, 2.45) is 0 Å². The summed E-state index contributed by atoms with van der Waals surface area (Å²) in [6, 6.07) is 3.48. The summed E-state index contributed by atoms with van der Waals surface area (Å²) in [5.74, 6) is -0.174. The molecule has 2 rings (SSSR count). The fourth-order valence-corrected chi connectivity index (χ4v) is 1.55. The van der Waals surface area contributed by atoms with Crippen LogP contribution < -0.4 is 10.6 Å². The second-order valence-electron chi connectivity index (χ2n) is 3.85. The number of pyridine rings is 1. The van der Waals surface area contributed by atoms with Crippen LogP contribution in [0, 0.1) is 0 Å². The first-order chi connectivity index (χ1) is 8.81. The smallest absolute Gasteiger partial charge is 0.269 e. The van der Waals surface area contributed by atoms with E-state index in [1.807, 2.05) is 7.05 Å². The summed E-state index contributed by atoms with van der Waals surface area (Å²) in [6.07, 6.45) is 3.98. The molecule has 0 saturated carbocycles. The Labute approximate surface area is 105 Å². The molecule has 1 amide bonds. The largest absolute Gasteiger partial charge is 0.351 e. The Bertz CT molecular complexity index is 543. The molecule has 0 radical (unpaired) electrons. The van der Waals surface area contributed by atoms with Crippen molar-refractivity contribution >= 4 is 16.9 Å². The molecule has 0 unspecified atom stereocenters. The van der Waals surface area contributed by atoms with E-state index in [1.54, 1.807) is 18.3 Å². The number of hydrogen-bond donors (Lipinski definition) is 2. The Morgan fingerprint density at radius 2 is 2.22 bits per heavy atom. The normalized spacial score (nSPS) is 10.5. The zero-order chi connectivity index (χ0) is 12.8. The SMILES string of the molecule is CNCCCNC(=O)c1ccc2cncnc2n1. The van der Waals surface area contributed by atoms with E-state index < -0.39 is 0 Å². The minimum absolute atomic E-state index is 0.174. The van der Waals surface area contributed by atoms with Gasteiger partial charge < -0.3 is 10.6 Å². The van der Waals surface area contributed by atoms with Crippen molar-refractivity contribution in [3.63, 3.8) is 0 Å². The van der Waals surface area contributed by atoms with Gasteiger partial charge in [0.1, 0.15) is 12.0 Å². The zero-order valence-corrected chi connectivity index (χ0v) is 10.2. The minimum atomic E-state index is -0.174. The Morgan fingerprint density at radius 3 is 3.06 bits per heavy atom. The van der Waals surface area contributed by atoms with Gasteiger partial charge in [0.25, 0.3) is 5.91 Å². The molecule has 0 spiro atoms. The van der Waals surface area contributed by atoms with E-state index in [-0.39, 0.29) is 5.91 Å². The summed E-state index contributed by atoms with van der Waals surface area (Å²) >= 11 is 0. The lowest BCUT2D eigenvalue weighted by molar-refractivity contribution is 0.0948. The predicted molar refractivity (Wildman–Crippen MR) is 68.2 cm³/mol. The van der Waals surface area contributed by atoms with Gasteiger partial charge in [-0.05, 0) is 32.1 Å². The number of rotatable bonds is 5. The molecule has 2 aromatic heterocycles. The zero-order valence-electron chi connectivity index (χ0n) is 10.2. The van der Waals surface area contributed by atoms with E-state index in [4.69, 9.17) is 0 Å². The highest BCUT2D eigenvalue weighted by Crippen LogP contribution is 2.07. The van der Waals surface area contributed by atoms with Crippen molar-refractivity contribution in [2.75, 3.05) is 20.1 Å². The minimum Gasteiger partial charge on any atom is -0.351 e. The van der Waals surface area contributed by atoms with Crippen LogP contribution in [-0.4, -0.2) is 41.0 Å². The molecule has 18 heavy (non-hydrogen) atoms. The van der Waals surface area contributed by atoms with Crippen LogP contribution in [0.1, 0.15) is 16.9 Å². The third-order valence-corrected chi connectivity index (χ3v) is 2.49. The van der Waals surface area contributed by atoms with Crippen LogP contribution in [-0.2, 0) is 0 Å². The van der Waals surface area contributed by atoms with E-state index in [2.05, 4.69) is 25.6 Å². The number of hydrogen-bond acceptors (Lipinski definition) is 5. The Kier molecular flexibility index (Phi) is 4.14. The summed E-state index contributed by atoms with van der Waals surface area (Å²) in [6.45, 7) is 1.50. The molecule has 0 fully saturated rings. The number of carbonyl (C=O) groups excluding carboxylic acids is 1. The molecule has 0 aliphatic carbocycles. The number of nitrogens with zero attached hydrogens (tertiary/aromatic N) is 3. The first-order valence-corrected chi connectivity index (χ1v) is 5.81. The maximum absolute atomic E-state index is 11.8. The van der Waals surface area contributed by atoms with E-state index in [1.165, 1.54) is 6.33 Å². The van der Waals surface area contributed by atoms with Gasteiger partial charge in [-0.15, -0.1) is 0 Å². The molecule has 0 aliphatic heterocycles. The molecule has 2 heterocycles. The molecular weight excluding hydrogens is 230 g/mol. The molecule has 6 nitrogen and oxygen atoms in total. The summed E-state index contributed by atoms with van der Waals surface area (Å²) in [5, 5.41) is 6.66. The molecular formula is C12H15N5O. The highest BCUT2D eigenvalue weighted by atomic mass is 16.1. The maximum Gasteiger partial charge on any atom is 0.269 e. The highest BCUT2D eigenvalue weighted by molar-refractivity contribution is 5.94. The van der Waals surface area contributed by atoms with E-state index in [0.29, 0.717) is 17.9 Å².